The summed E-state index contributed by atoms with van der Waals surface area (Å²) in [5.41, 5.74) is 0.721. The summed E-state index contributed by atoms with van der Waals surface area (Å²) in [5, 5.41) is 11.8. The quantitative estimate of drug-likeness (QED) is 0.783. The topological polar surface area (TPSA) is 67.2 Å². The van der Waals surface area contributed by atoms with Crippen LogP contribution < -0.4 is 0 Å². The van der Waals surface area contributed by atoms with Crippen LogP contribution in [0.4, 0.5) is 4.39 Å². The maximum absolute atomic E-state index is 13.1. The minimum atomic E-state index is -0.296. The molecule has 1 aromatic heterocycles. The highest BCUT2D eigenvalue weighted by molar-refractivity contribution is 5.87. The number of carbonyl (C=O) groups is 1. The molecule has 8 heteroatoms. The van der Waals surface area contributed by atoms with E-state index < -0.39 is 0 Å². The summed E-state index contributed by atoms with van der Waals surface area (Å²) in [5.74, 6) is 0.443. The fourth-order valence-corrected chi connectivity index (χ4v) is 2.66. The van der Waals surface area contributed by atoms with Crippen molar-refractivity contribution in [3.05, 3.63) is 48.1 Å². The van der Waals surface area contributed by atoms with Gasteiger partial charge in [0.25, 0.3) is 0 Å². The molecular formula is C16H19FN6O. The lowest BCUT2D eigenvalue weighted by atomic mass is 10.3. The van der Waals surface area contributed by atoms with E-state index in [1.165, 1.54) is 12.1 Å². The summed E-state index contributed by atoms with van der Waals surface area (Å²) in [6.45, 7) is 5.31. The Bertz CT molecular complexity index is 718. The van der Waals surface area contributed by atoms with Crippen molar-refractivity contribution in [2.45, 2.75) is 13.5 Å². The predicted octanol–water partition coefficient (Wildman–Crippen LogP) is 1.02. The van der Waals surface area contributed by atoms with Gasteiger partial charge >= 0.3 is 0 Å². The van der Waals surface area contributed by atoms with Gasteiger partial charge in [0.1, 0.15) is 5.82 Å². The van der Waals surface area contributed by atoms with Crippen LogP contribution in [0, 0.1) is 5.82 Å². The fourth-order valence-electron chi connectivity index (χ4n) is 2.66. The second-order valence-corrected chi connectivity index (χ2v) is 5.58. The van der Waals surface area contributed by atoms with Crippen molar-refractivity contribution in [2.24, 2.45) is 0 Å². The first-order chi connectivity index (χ1) is 11.7. The zero-order valence-corrected chi connectivity index (χ0v) is 13.5. The summed E-state index contributed by atoms with van der Waals surface area (Å²) in [4.78, 5) is 15.9. The summed E-state index contributed by atoms with van der Waals surface area (Å²) in [6.07, 6.45) is 3.34. The van der Waals surface area contributed by atoms with Crippen molar-refractivity contribution >= 4 is 5.91 Å². The number of tetrazole rings is 1. The monoisotopic (exact) mass is 330 g/mol. The standard InChI is InChI=1S/C16H19FN6O/c1-2-3-16(24)22-10-8-21(9-11-22)12-15-18-19-20-23(15)14-6-4-13(17)5-7-14/h2-7H,8-12H2,1H3/b3-2+. The van der Waals surface area contributed by atoms with Crippen molar-refractivity contribution in [2.75, 3.05) is 26.2 Å². The highest BCUT2D eigenvalue weighted by Crippen LogP contribution is 2.12. The Morgan fingerprint density at radius 3 is 2.58 bits per heavy atom. The third-order valence-electron chi connectivity index (χ3n) is 3.96. The third-order valence-corrected chi connectivity index (χ3v) is 3.96. The van der Waals surface area contributed by atoms with Crippen molar-refractivity contribution in [3.8, 4) is 5.69 Å². The predicted molar refractivity (Wildman–Crippen MR) is 85.8 cm³/mol. The molecule has 0 saturated carbocycles. The Balaban J connectivity index is 1.63. The Hall–Kier alpha value is -2.61. The lowest BCUT2D eigenvalue weighted by molar-refractivity contribution is -0.127. The van der Waals surface area contributed by atoms with E-state index in [9.17, 15) is 9.18 Å². The molecule has 1 aromatic carbocycles. The van der Waals surface area contributed by atoms with Gasteiger partial charge in [-0.05, 0) is 47.7 Å². The minimum Gasteiger partial charge on any atom is -0.337 e. The molecule has 1 aliphatic rings. The van der Waals surface area contributed by atoms with Gasteiger partial charge in [-0.25, -0.2) is 4.39 Å². The average molecular weight is 330 g/mol. The number of halogens is 1. The van der Waals surface area contributed by atoms with E-state index in [-0.39, 0.29) is 11.7 Å². The molecule has 126 valence electrons. The molecule has 1 aliphatic heterocycles. The first kappa shape index (κ1) is 16.3. The summed E-state index contributed by atoms with van der Waals surface area (Å²) < 4.78 is 14.7. The largest absolute Gasteiger partial charge is 0.337 e. The number of allylic oxidation sites excluding steroid dienone is 1. The van der Waals surface area contributed by atoms with E-state index in [1.54, 1.807) is 29.0 Å². The molecule has 0 spiro atoms. The first-order valence-electron chi connectivity index (χ1n) is 7.84. The van der Waals surface area contributed by atoms with Crippen molar-refractivity contribution in [1.29, 1.82) is 0 Å². The van der Waals surface area contributed by atoms with Crippen LogP contribution in [0.15, 0.2) is 36.4 Å². The van der Waals surface area contributed by atoms with Gasteiger partial charge in [0.05, 0.1) is 12.2 Å². The van der Waals surface area contributed by atoms with Crippen LogP contribution in [0.2, 0.25) is 0 Å². The van der Waals surface area contributed by atoms with Crippen molar-refractivity contribution in [1.82, 2.24) is 30.0 Å². The molecule has 0 unspecified atom stereocenters. The van der Waals surface area contributed by atoms with E-state index in [2.05, 4.69) is 20.4 Å². The van der Waals surface area contributed by atoms with Crippen LogP contribution in [0.3, 0.4) is 0 Å². The summed E-state index contributed by atoms with van der Waals surface area (Å²) in [6, 6.07) is 6.05. The number of benzene rings is 1. The maximum atomic E-state index is 13.1. The minimum absolute atomic E-state index is 0.0493. The zero-order chi connectivity index (χ0) is 16.9. The highest BCUT2D eigenvalue weighted by atomic mass is 19.1. The molecule has 0 bridgehead atoms. The molecule has 3 rings (SSSR count). The van der Waals surface area contributed by atoms with Crippen LogP contribution in [0.25, 0.3) is 5.69 Å². The number of nitrogens with zero attached hydrogens (tertiary/aromatic N) is 6. The Morgan fingerprint density at radius 2 is 1.92 bits per heavy atom. The van der Waals surface area contributed by atoms with E-state index in [4.69, 9.17) is 0 Å². The lowest BCUT2D eigenvalue weighted by Crippen LogP contribution is -2.48. The molecule has 24 heavy (non-hydrogen) atoms. The Labute approximate surface area is 139 Å². The van der Waals surface area contributed by atoms with Gasteiger partial charge in [-0.3, -0.25) is 9.69 Å². The second kappa shape index (κ2) is 7.31. The van der Waals surface area contributed by atoms with Gasteiger partial charge < -0.3 is 4.90 Å². The lowest BCUT2D eigenvalue weighted by Gasteiger charge is -2.33. The molecule has 2 aromatic rings. The molecule has 1 saturated heterocycles. The van der Waals surface area contributed by atoms with E-state index in [0.29, 0.717) is 25.5 Å². The van der Waals surface area contributed by atoms with Gasteiger partial charge in [-0.15, -0.1) is 5.10 Å². The molecule has 0 N–H and O–H groups in total. The van der Waals surface area contributed by atoms with Crippen molar-refractivity contribution < 1.29 is 9.18 Å². The SMILES string of the molecule is C/C=C/C(=O)N1CCN(Cc2nnnn2-c2ccc(F)cc2)CC1. The number of piperazine rings is 1. The number of aromatic nitrogens is 4. The van der Waals surface area contributed by atoms with E-state index in [1.807, 2.05) is 11.8 Å². The third kappa shape index (κ3) is 3.65. The fraction of sp³-hybridized carbons (Fsp3) is 0.375. The second-order valence-electron chi connectivity index (χ2n) is 5.58. The number of hydrogen-bond donors (Lipinski definition) is 0. The van der Waals surface area contributed by atoms with Crippen LogP contribution in [0.5, 0.6) is 0 Å². The number of amides is 1. The molecule has 1 amide bonds. The average Bonchev–Trinajstić information content (AvgIpc) is 3.04. The molecule has 2 heterocycles. The van der Waals surface area contributed by atoms with Gasteiger partial charge in [-0.1, -0.05) is 6.08 Å². The van der Waals surface area contributed by atoms with Crippen LogP contribution in [-0.2, 0) is 11.3 Å². The summed E-state index contributed by atoms with van der Waals surface area (Å²) in [7, 11) is 0. The Kier molecular flexibility index (Phi) is 4.95. The molecule has 1 fully saturated rings. The van der Waals surface area contributed by atoms with Crippen LogP contribution in [0.1, 0.15) is 12.7 Å². The number of rotatable bonds is 4. The molecule has 0 aliphatic carbocycles. The zero-order valence-electron chi connectivity index (χ0n) is 13.5. The number of carbonyl (C=O) groups excluding carboxylic acids is 1. The van der Waals surface area contributed by atoms with Gasteiger partial charge in [-0.2, -0.15) is 4.68 Å². The van der Waals surface area contributed by atoms with Gasteiger partial charge in [0, 0.05) is 26.2 Å². The molecule has 0 atom stereocenters. The van der Waals surface area contributed by atoms with Crippen LogP contribution in [-0.4, -0.2) is 62.1 Å². The van der Waals surface area contributed by atoms with Gasteiger partial charge in [0.15, 0.2) is 5.82 Å². The van der Waals surface area contributed by atoms with Gasteiger partial charge in [0.2, 0.25) is 5.91 Å². The van der Waals surface area contributed by atoms with Crippen LogP contribution >= 0.6 is 0 Å². The molecular weight excluding hydrogens is 311 g/mol. The van der Waals surface area contributed by atoms with E-state index in [0.717, 1.165) is 18.8 Å². The smallest absolute Gasteiger partial charge is 0.246 e. The maximum Gasteiger partial charge on any atom is 0.246 e. The molecule has 0 radical (unpaired) electrons. The van der Waals surface area contributed by atoms with Crippen molar-refractivity contribution in [3.63, 3.8) is 0 Å². The van der Waals surface area contributed by atoms with E-state index >= 15 is 0 Å². The molecule has 7 nitrogen and oxygen atoms in total. The normalized spacial score (nSPS) is 16.0. The highest BCUT2D eigenvalue weighted by Gasteiger charge is 2.21. The number of hydrogen-bond acceptors (Lipinski definition) is 5. The first-order valence-corrected chi connectivity index (χ1v) is 7.84. The Morgan fingerprint density at radius 1 is 1.21 bits per heavy atom. The summed E-state index contributed by atoms with van der Waals surface area (Å²) >= 11 is 0.